The highest BCUT2D eigenvalue weighted by molar-refractivity contribution is 5.33. The zero-order valence-corrected chi connectivity index (χ0v) is 8.83. The van der Waals surface area contributed by atoms with Crippen LogP contribution in [-0.4, -0.2) is 16.0 Å². The summed E-state index contributed by atoms with van der Waals surface area (Å²) in [6.45, 7) is 4.28. The molecule has 0 spiro atoms. The van der Waals surface area contributed by atoms with Gasteiger partial charge in [0, 0.05) is 12.2 Å². The molecule has 1 saturated carbocycles. The molecule has 1 aliphatic rings. The zero-order chi connectivity index (χ0) is 9.97. The molecule has 3 nitrogen and oxygen atoms in total. The Kier molecular flexibility index (Phi) is 2.66. The molecule has 0 bridgehead atoms. The molecule has 0 radical (unpaired) electrons. The fourth-order valence-electron chi connectivity index (χ4n) is 2.08. The van der Waals surface area contributed by atoms with E-state index in [1.165, 1.54) is 19.3 Å². The molecule has 1 N–H and O–H groups in total. The van der Waals surface area contributed by atoms with Crippen LogP contribution in [0.3, 0.4) is 0 Å². The molecule has 2 rings (SSSR count). The normalized spacial score (nSPS) is 26.4. The van der Waals surface area contributed by atoms with Gasteiger partial charge in [-0.2, -0.15) is 0 Å². The Hall–Kier alpha value is -1.12. The first-order chi connectivity index (χ1) is 6.74. The topological polar surface area (TPSA) is 37.8 Å². The van der Waals surface area contributed by atoms with Gasteiger partial charge < -0.3 is 5.32 Å². The smallest absolute Gasteiger partial charge is 0.145 e. The molecule has 14 heavy (non-hydrogen) atoms. The van der Waals surface area contributed by atoms with E-state index in [1.54, 1.807) is 12.4 Å². The number of nitrogens with zero attached hydrogens (tertiary/aromatic N) is 2. The van der Waals surface area contributed by atoms with Crippen LogP contribution in [0.4, 0.5) is 5.82 Å². The van der Waals surface area contributed by atoms with Crippen LogP contribution in [0.25, 0.3) is 0 Å². The van der Waals surface area contributed by atoms with Crippen molar-refractivity contribution in [2.45, 2.75) is 39.2 Å². The van der Waals surface area contributed by atoms with E-state index < -0.39 is 0 Å². The van der Waals surface area contributed by atoms with E-state index in [9.17, 15) is 0 Å². The van der Waals surface area contributed by atoms with Crippen molar-refractivity contribution in [2.75, 3.05) is 5.32 Å². The Morgan fingerprint density at radius 2 is 2.21 bits per heavy atom. The van der Waals surface area contributed by atoms with Crippen molar-refractivity contribution >= 4 is 5.82 Å². The third kappa shape index (κ3) is 2.22. The number of nitrogens with one attached hydrogen (secondary N) is 1. The summed E-state index contributed by atoms with van der Waals surface area (Å²) in [7, 11) is 0. The lowest BCUT2D eigenvalue weighted by Crippen LogP contribution is -2.16. The first-order valence-corrected chi connectivity index (χ1v) is 5.29. The Bertz CT molecular complexity index is 311. The molecule has 76 valence electrons. The highest BCUT2D eigenvalue weighted by Gasteiger charge is 2.21. The number of anilines is 1. The fraction of sp³-hybridized carbons (Fsp3) is 0.636. The molecule has 1 aliphatic carbocycles. The van der Waals surface area contributed by atoms with E-state index in [1.807, 2.05) is 6.92 Å². The molecular weight excluding hydrogens is 174 g/mol. The largest absolute Gasteiger partial charge is 0.366 e. The number of aryl methyl sites for hydroxylation is 1. The first kappa shape index (κ1) is 9.44. The van der Waals surface area contributed by atoms with Crippen molar-refractivity contribution in [1.29, 1.82) is 0 Å². The minimum absolute atomic E-state index is 0.598. The van der Waals surface area contributed by atoms with Crippen LogP contribution in [-0.2, 0) is 0 Å². The molecule has 0 aliphatic heterocycles. The quantitative estimate of drug-likeness (QED) is 0.780. The van der Waals surface area contributed by atoms with Gasteiger partial charge in [0.2, 0.25) is 0 Å². The van der Waals surface area contributed by atoms with E-state index in [0.717, 1.165) is 17.4 Å². The van der Waals surface area contributed by atoms with Gasteiger partial charge in [0.05, 0.1) is 11.9 Å². The monoisotopic (exact) mass is 191 g/mol. The van der Waals surface area contributed by atoms with Crippen LogP contribution in [0.1, 0.15) is 31.9 Å². The molecule has 0 amide bonds. The van der Waals surface area contributed by atoms with E-state index in [-0.39, 0.29) is 0 Å². The van der Waals surface area contributed by atoms with Crippen molar-refractivity contribution < 1.29 is 0 Å². The molecule has 0 saturated heterocycles. The van der Waals surface area contributed by atoms with Gasteiger partial charge in [-0.3, -0.25) is 4.98 Å². The van der Waals surface area contributed by atoms with Gasteiger partial charge in [-0.05, 0) is 32.1 Å². The predicted molar refractivity (Wildman–Crippen MR) is 57.2 cm³/mol. The number of rotatable bonds is 2. The lowest BCUT2D eigenvalue weighted by atomic mass is 10.1. The molecule has 1 aromatic heterocycles. The van der Waals surface area contributed by atoms with Crippen molar-refractivity contribution in [3.05, 3.63) is 18.1 Å². The number of hydrogen-bond donors (Lipinski definition) is 1. The minimum Gasteiger partial charge on any atom is -0.366 e. The maximum absolute atomic E-state index is 4.39. The molecule has 2 unspecified atom stereocenters. The van der Waals surface area contributed by atoms with E-state index in [0.29, 0.717) is 6.04 Å². The Morgan fingerprint density at radius 3 is 2.86 bits per heavy atom. The van der Waals surface area contributed by atoms with Crippen LogP contribution in [0.15, 0.2) is 12.4 Å². The predicted octanol–water partition coefficient (Wildman–Crippen LogP) is 2.39. The fourth-order valence-corrected chi connectivity index (χ4v) is 2.08. The first-order valence-electron chi connectivity index (χ1n) is 5.29. The molecule has 1 fully saturated rings. The molecular formula is C11H17N3. The van der Waals surface area contributed by atoms with E-state index >= 15 is 0 Å². The van der Waals surface area contributed by atoms with Crippen LogP contribution in [0, 0.1) is 12.8 Å². The molecule has 0 aromatic carbocycles. The summed E-state index contributed by atoms with van der Waals surface area (Å²) in [4.78, 5) is 8.51. The third-order valence-electron chi connectivity index (χ3n) is 2.80. The molecule has 2 atom stereocenters. The van der Waals surface area contributed by atoms with Gasteiger partial charge in [-0.1, -0.05) is 6.92 Å². The third-order valence-corrected chi connectivity index (χ3v) is 2.80. The van der Waals surface area contributed by atoms with E-state index in [2.05, 4.69) is 22.2 Å². The maximum atomic E-state index is 4.39. The van der Waals surface area contributed by atoms with Gasteiger partial charge in [0.15, 0.2) is 0 Å². The zero-order valence-electron chi connectivity index (χ0n) is 8.83. The lowest BCUT2D eigenvalue weighted by Gasteiger charge is -2.12. The number of aromatic nitrogens is 2. The summed E-state index contributed by atoms with van der Waals surface area (Å²) >= 11 is 0. The second-order valence-electron chi connectivity index (χ2n) is 4.31. The standard InChI is InChI=1S/C11H17N3/c1-8-3-4-10(5-8)14-11-7-12-6-9(2)13-11/h6-8,10H,3-5H2,1-2H3,(H,13,14). The highest BCUT2D eigenvalue weighted by Crippen LogP contribution is 2.26. The molecule has 1 heterocycles. The van der Waals surface area contributed by atoms with Gasteiger partial charge in [-0.15, -0.1) is 0 Å². The Balaban J connectivity index is 1.97. The Morgan fingerprint density at radius 1 is 1.36 bits per heavy atom. The summed E-state index contributed by atoms with van der Waals surface area (Å²) in [5, 5.41) is 3.44. The second-order valence-corrected chi connectivity index (χ2v) is 4.31. The van der Waals surface area contributed by atoms with Gasteiger partial charge in [-0.25, -0.2) is 4.98 Å². The summed E-state index contributed by atoms with van der Waals surface area (Å²) in [5.41, 5.74) is 0.973. The van der Waals surface area contributed by atoms with Crippen molar-refractivity contribution in [2.24, 2.45) is 5.92 Å². The summed E-state index contributed by atoms with van der Waals surface area (Å²) in [5.74, 6) is 1.77. The summed E-state index contributed by atoms with van der Waals surface area (Å²) < 4.78 is 0. The molecule has 1 aromatic rings. The van der Waals surface area contributed by atoms with Crippen molar-refractivity contribution in [1.82, 2.24) is 9.97 Å². The summed E-state index contributed by atoms with van der Waals surface area (Å²) in [6, 6.07) is 0.598. The lowest BCUT2D eigenvalue weighted by molar-refractivity contribution is 0.602. The maximum Gasteiger partial charge on any atom is 0.145 e. The SMILES string of the molecule is Cc1cncc(NC2CCC(C)C2)n1. The Labute approximate surface area is 85.0 Å². The van der Waals surface area contributed by atoms with Crippen LogP contribution in [0.2, 0.25) is 0 Å². The number of hydrogen-bond acceptors (Lipinski definition) is 3. The van der Waals surface area contributed by atoms with Crippen LogP contribution >= 0.6 is 0 Å². The summed E-state index contributed by atoms with van der Waals surface area (Å²) in [6.07, 6.45) is 7.43. The van der Waals surface area contributed by atoms with Gasteiger partial charge >= 0.3 is 0 Å². The van der Waals surface area contributed by atoms with Crippen molar-refractivity contribution in [3.63, 3.8) is 0 Å². The van der Waals surface area contributed by atoms with Crippen LogP contribution < -0.4 is 5.32 Å². The minimum atomic E-state index is 0.598. The second kappa shape index (κ2) is 3.95. The molecule has 3 heteroatoms. The van der Waals surface area contributed by atoms with E-state index in [4.69, 9.17) is 0 Å². The van der Waals surface area contributed by atoms with Gasteiger partial charge in [0.1, 0.15) is 5.82 Å². The highest BCUT2D eigenvalue weighted by atomic mass is 15.0. The average Bonchev–Trinajstić information content (AvgIpc) is 2.51. The average molecular weight is 191 g/mol. The van der Waals surface area contributed by atoms with Gasteiger partial charge in [0.25, 0.3) is 0 Å². The van der Waals surface area contributed by atoms with Crippen molar-refractivity contribution in [3.8, 4) is 0 Å². The van der Waals surface area contributed by atoms with Crippen LogP contribution in [0.5, 0.6) is 0 Å².